The van der Waals surface area contributed by atoms with Crippen LogP contribution in [0.5, 0.6) is 0 Å². The molecule has 0 radical (unpaired) electrons. The van der Waals surface area contributed by atoms with Gasteiger partial charge < -0.3 is 4.43 Å². The van der Waals surface area contributed by atoms with Gasteiger partial charge in [0.25, 0.3) is 0 Å². The molecule has 1 unspecified atom stereocenters. The highest BCUT2D eigenvalue weighted by atomic mass is 35.5. The maximum atomic E-state index is 5.73. The Labute approximate surface area is 103 Å². The zero-order valence-corrected chi connectivity index (χ0v) is 11.3. The van der Waals surface area contributed by atoms with Crippen LogP contribution in [0.1, 0.15) is 18.1 Å². The zero-order chi connectivity index (χ0) is 11.1. The third kappa shape index (κ3) is 4.84. The second-order valence-electron chi connectivity index (χ2n) is 3.15. The van der Waals surface area contributed by atoms with Gasteiger partial charge in [0.15, 0.2) is 9.76 Å². The van der Waals surface area contributed by atoms with Crippen molar-refractivity contribution in [1.29, 1.82) is 0 Å². The first-order valence-electron chi connectivity index (χ1n) is 4.79. The summed E-state index contributed by atoms with van der Waals surface area (Å²) in [6, 6.07) is 10.1. The summed E-state index contributed by atoms with van der Waals surface area (Å²) in [5, 5.41) is 0. The van der Waals surface area contributed by atoms with Gasteiger partial charge in [0.2, 0.25) is 0 Å². The predicted molar refractivity (Wildman–Crippen MR) is 69.1 cm³/mol. The molecule has 0 saturated carbocycles. The van der Waals surface area contributed by atoms with E-state index in [1.165, 1.54) is 0 Å². The van der Waals surface area contributed by atoms with Crippen molar-refractivity contribution >= 4 is 33.0 Å². The highest BCUT2D eigenvalue weighted by Crippen LogP contribution is 2.21. The van der Waals surface area contributed by atoms with Crippen molar-refractivity contribution in [3.63, 3.8) is 0 Å². The molecule has 1 rings (SSSR count). The molecule has 0 aliphatic carbocycles. The Morgan fingerprint density at radius 2 is 2.00 bits per heavy atom. The SMILES string of the molecule is C=CCC(O[SiH2]C(Cl)Cl)c1ccccc1. The number of alkyl halides is 2. The minimum absolute atomic E-state index is 0.0513. The Bertz CT molecular complexity index is 290. The minimum atomic E-state index is -0.882. The normalized spacial score (nSPS) is 13.5. The van der Waals surface area contributed by atoms with E-state index < -0.39 is 9.76 Å². The lowest BCUT2D eigenvalue weighted by molar-refractivity contribution is 0.221. The summed E-state index contributed by atoms with van der Waals surface area (Å²) in [6.07, 6.45) is 2.69. The molecule has 1 aromatic carbocycles. The van der Waals surface area contributed by atoms with Crippen LogP contribution in [0.25, 0.3) is 0 Å². The van der Waals surface area contributed by atoms with Crippen molar-refractivity contribution < 1.29 is 4.43 Å². The van der Waals surface area contributed by atoms with E-state index in [9.17, 15) is 0 Å². The largest absolute Gasteiger partial charge is 0.414 e. The molecule has 15 heavy (non-hydrogen) atoms. The van der Waals surface area contributed by atoms with Gasteiger partial charge in [-0.15, -0.1) is 29.8 Å². The zero-order valence-electron chi connectivity index (χ0n) is 8.40. The number of hydrogen-bond donors (Lipinski definition) is 0. The molecule has 0 fully saturated rings. The fraction of sp³-hybridized carbons (Fsp3) is 0.273. The van der Waals surface area contributed by atoms with E-state index in [-0.39, 0.29) is 10.6 Å². The van der Waals surface area contributed by atoms with Crippen LogP contribution in [0.3, 0.4) is 0 Å². The van der Waals surface area contributed by atoms with Crippen LogP contribution in [-0.2, 0) is 4.43 Å². The van der Waals surface area contributed by atoms with Gasteiger partial charge in [-0.05, 0) is 12.0 Å². The summed E-state index contributed by atoms with van der Waals surface area (Å²) in [5.41, 5.74) is 1.15. The number of halogens is 2. The van der Waals surface area contributed by atoms with Crippen molar-refractivity contribution in [2.75, 3.05) is 0 Å². The summed E-state index contributed by atoms with van der Waals surface area (Å²) in [4.78, 5) is 0. The Morgan fingerprint density at radius 3 is 2.53 bits per heavy atom. The fourth-order valence-electron chi connectivity index (χ4n) is 1.31. The van der Waals surface area contributed by atoms with E-state index in [0.717, 1.165) is 12.0 Å². The molecule has 82 valence electrons. The fourth-order valence-corrected chi connectivity index (χ4v) is 2.45. The highest BCUT2D eigenvalue weighted by Gasteiger charge is 2.11. The molecule has 0 aliphatic rings. The van der Waals surface area contributed by atoms with Crippen LogP contribution in [0.2, 0.25) is 0 Å². The Morgan fingerprint density at radius 1 is 1.33 bits per heavy atom. The van der Waals surface area contributed by atoms with Crippen LogP contribution in [0.15, 0.2) is 43.0 Å². The number of benzene rings is 1. The van der Waals surface area contributed by atoms with Gasteiger partial charge in [-0.3, -0.25) is 0 Å². The standard InChI is InChI=1S/C11H14Cl2OSi/c1-2-6-10(14-15-11(12)13)9-7-4-3-5-8-9/h2-5,7-8,10-11H,1,6,15H2. The maximum absolute atomic E-state index is 5.73. The molecular weight excluding hydrogens is 247 g/mol. The molecule has 0 aromatic heterocycles. The van der Waals surface area contributed by atoms with Crippen LogP contribution in [-0.4, -0.2) is 14.2 Å². The molecule has 4 heteroatoms. The van der Waals surface area contributed by atoms with E-state index in [1.807, 2.05) is 36.4 Å². The summed E-state index contributed by atoms with van der Waals surface area (Å²) in [5.74, 6) is 0. The quantitative estimate of drug-likeness (QED) is 0.434. The van der Waals surface area contributed by atoms with Crippen molar-refractivity contribution in [2.24, 2.45) is 0 Å². The lowest BCUT2D eigenvalue weighted by Gasteiger charge is -2.17. The van der Waals surface area contributed by atoms with Gasteiger partial charge in [-0.1, -0.05) is 36.4 Å². The molecule has 1 nitrogen and oxygen atoms in total. The minimum Gasteiger partial charge on any atom is -0.414 e. The molecule has 0 heterocycles. The van der Waals surface area contributed by atoms with Gasteiger partial charge in [0.1, 0.15) is 4.46 Å². The van der Waals surface area contributed by atoms with E-state index in [1.54, 1.807) is 0 Å². The van der Waals surface area contributed by atoms with Gasteiger partial charge in [0.05, 0.1) is 6.10 Å². The Kier molecular flexibility index (Phi) is 6.02. The average Bonchev–Trinajstić information content (AvgIpc) is 2.25. The Hall–Kier alpha value is -0.283. The average molecular weight is 261 g/mol. The molecule has 0 N–H and O–H groups in total. The van der Waals surface area contributed by atoms with Crippen molar-refractivity contribution in [2.45, 2.75) is 17.0 Å². The lowest BCUT2D eigenvalue weighted by atomic mass is 10.1. The van der Waals surface area contributed by atoms with E-state index in [4.69, 9.17) is 27.6 Å². The van der Waals surface area contributed by atoms with Crippen LogP contribution >= 0.6 is 23.2 Å². The van der Waals surface area contributed by atoms with Crippen molar-refractivity contribution in [1.82, 2.24) is 0 Å². The number of hydrogen-bond acceptors (Lipinski definition) is 1. The monoisotopic (exact) mass is 260 g/mol. The lowest BCUT2D eigenvalue weighted by Crippen LogP contribution is -2.12. The molecule has 0 amide bonds. The topological polar surface area (TPSA) is 9.23 Å². The van der Waals surface area contributed by atoms with Gasteiger partial charge >= 0.3 is 0 Å². The van der Waals surface area contributed by atoms with E-state index >= 15 is 0 Å². The van der Waals surface area contributed by atoms with Crippen LogP contribution in [0.4, 0.5) is 0 Å². The first-order chi connectivity index (χ1) is 7.24. The van der Waals surface area contributed by atoms with E-state index in [2.05, 4.69) is 6.58 Å². The molecule has 0 aliphatic heterocycles. The van der Waals surface area contributed by atoms with Gasteiger partial charge in [0, 0.05) is 0 Å². The smallest absolute Gasteiger partial charge is 0.196 e. The molecule has 1 atom stereocenters. The molecule has 0 spiro atoms. The molecule has 1 aromatic rings. The first-order valence-corrected chi connectivity index (χ1v) is 7.06. The number of rotatable bonds is 6. The molecular formula is C11H14Cl2OSi. The third-order valence-corrected chi connectivity index (χ3v) is 3.58. The summed E-state index contributed by atoms with van der Waals surface area (Å²) >= 11 is 11.4. The van der Waals surface area contributed by atoms with Crippen LogP contribution < -0.4 is 0 Å². The molecule has 0 bridgehead atoms. The predicted octanol–water partition coefficient (Wildman–Crippen LogP) is 3.17. The summed E-state index contributed by atoms with van der Waals surface area (Å²) < 4.78 is 5.39. The second kappa shape index (κ2) is 7.07. The van der Waals surface area contributed by atoms with Crippen molar-refractivity contribution in [3.05, 3.63) is 48.6 Å². The third-order valence-electron chi connectivity index (χ3n) is 1.98. The summed E-state index contributed by atoms with van der Waals surface area (Å²) in [6.45, 7) is 3.72. The van der Waals surface area contributed by atoms with Crippen LogP contribution in [0, 0.1) is 0 Å². The van der Waals surface area contributed by atoms with E-state index in [0.29, 0.717) is 0 Å². The molecule has 0 saturated heterocycles. The van der Waals surface area contributed by atoms with Crippen molar-refractivity contribution in [3.8, 4) is 0 Å². The Balaban J connectivity index is 2.61. The highest BCUT2D eigenvalue weighted by molar-refractivity contribution is 6.65. The second-order valence-corrected chi connectivity index (χ2v) is 6.94. The van der Waals surface area contributed by atoms with Gasteiger partial charge in [-0.2, -0.15) is 0 Å². The summed E-state index contributed by atoms with van der Waals surface area (Å²) in [7, 11) is -0.882. The maximum Gasteiger partial charge on any atom is 0.196 e. The first kappa shape index (κ1) is 12.8. The van der Waals surface area contributed by atoms with Gasteiger partial charge in [-0.25, -0.2) is 0 Å².